The Hall–Kier alpha value is -0.450. The Morgan fingerprint density at radius 2 is 2.25 bits per heavy atom. The van der Waals surface area contributed by atoms with Crippen molar-refractivity contribution in [1.82, 2.24) is 15.2 Å². The zero-order valence-corrected chi connectivity index (χ0v) is 14.2. The highest BCUT2D eigenvalue weighted by Crippen LogP contribution is 2.28. The van der Waals surface area contributed by atoms with Crippen LogP contribution in [0.5, 0.6) is 0 Å². The number of piperidine rings is 1. The van der Waals surface area contributed by atoms with E-state index in [4.69, 9.17) is 4.98 Å². The summed E-state index contributed by atoms with van der Waals surface area (Å²) in [6.07, 6.45) is 3.91. The largest absolute Gasteiger partial charge is 0.316 e. The lowest BCUT2D eigenvalue weighted by Crippen LogP contribution is -2.39. The summed E-state index contributed by atoms with van der Waals surface area (Å²) in [5.41, 5.74) is 1.30. The van der Waals surface area contributed by atoms with Crippen LogP contribution < -0.4 is 5.32 Å². The second kappa shape index (κ2) is 7.53. The molecule has 114 valence electrons. The molecule has 1 aromatic heterocycles. The molecule has 0 aliphatic carbocycles. The van der Waals surface area contributed by atoms with Crippen molar-refractivity contribution < 1.29 is 0 Å². The molecule has 1 aliphatic rings. The van der Waals surface area contributed by atoms with Crippen LogP contribution in [0.1, 0.15) is 54.7 Å². The van der Waals surface area contributed by atoms with E-state index in [0.717, 1.165) is 5.92 Å². The van der Waals surface area contributed by atoms with Crippen molar-refractivity contribution in [3.63, 3.8) is 0 Å². The van der Waals surface area contributed by atoms with Crippen molar-refractivity contribution in [1.29, 1.82) is 0 Å². The highest BCUT2D eigenvalue weighted by molar-refractivity contribution is 7.11. The van der Waals surface area contributed by atoms with Crippen LogP contribution in [-0.2, 0) is 0 Å². The molecule has 3 nitrogen and oxygen atoms in total. The quantitative estimate of drug-likeness (QED) is 0.870. The summed E-state index contributed by atoms with van der Waals surface area (Å²) in [4.78, 5) is 8.79. The molecule has 1 fully saturated rings. The van der Waals surface area contributed by atoms with Crippen LogP contribution in [-0.4, -0.2) is 36.1 Å². The molecule has 0 amide bonds. The van der Waals surface area contributed by atoms with Gasteiger partial charge in [-0.2, -0.15) is 0 Å². The molecule has 20 heavy (non-hydrogen) atoms. The SMILES string of the molecule is CCCN(CC1CCCNC1)C(C)c1nc(C)sc1C. The van der Waals surface area contributed by atoms with Gasteiger partial charge in [0.05, 0.1) is 16.7 Å². The van der Waals surface area contributed by atoms with Crippen LogP contribution in [0.3, 0.4) is 0 Å². The van der Waals surface area contributed by atoms with E-state index in [1.165, 1.54) is 61.0 Å². The predicted octanol–water partition coefficient (Wildman–Crippen LogP) is 3.53. The summed E-state index contributed by atoms with van der Waals surface area (Å²) < 4.78 is 0. The van der Waals surface area contributed by atoms with Crippen molar-refractivity contribution in [2.75, 3.05) is 26.2 Å². The van der Waals surface area contributed by atoms with Gasteiger partial charge < -0.3 is 5.32 Å². The standard InChI is InChI=1S/C16H29N3S/c1-5-9-19(11-15-7-6-8-17-10-15)12(2)16-13(3)20-14(4)18-16/h12,15,17H,5-11H2,1-4H3. The molecule has 0 radical (unpaired) electrons. The minimum Gasteiger partial charge on any atom is -0.316 e. The Bertz CT molecular complexity index is 410. The lowest BCUT2D eigenvalue weighted by Gasteiger charge is -2.33. The fourth-order valence-corrected chi connectivity index (χ4v) is 4.16. The van der Waals surface area contributed by atoms with Gasteiger partial charge in [-0.1, -0.05) is 6.92 Å². The van der Waals surface area contributed by atoms with Crippen LogP contribution in [0.2, 0.25) is 0 Å². The van der Waals surface area contributed by atoms with E-state index in [1.807, 2.05) is 11.3 Å². The Kier molecular flexibility index (Phi) is 6.00. The molecule has 0 saturated carbocycles. The van der Waals surface area contributed by atoms with Crippen molar-refractivity contribution in [2.45, 2.75) is 53.0 Å². The highest BCUT2D eigenvalue weighted by Gasteiger charge is 2.23. The Labute approximate surface area is 127 Å². The molecule has 0 bridgehead atoms. The number of rotatable bonds is 6. The van der Waals surface area contributed by atoms with Gasteiger partial charge in [-0.3, -0.25) is 4.90 Å². The van der Waals surface area contributed by atoms with E-state index in [-0.39, 0.29) is 0 Å². The topological polar surface area (TPSA) is 28.2 Å². The molecule has 2 rings (SSSR count). The maximum absolute atomic E-state index is 4.77. The van der Waals surface area contributed by atoms with Crippen molar-refractivity contribution in [2.24, 2.45) is 5.92 Å². The summed E-state index contributed by atoms with van der Waals surface area (Å²) in [5.74, 6) is 0.804. The number of aryl methyl sites for hydroxylation is 2. The lowest BCUT2D eigenvalue weighted by atomic mass is 9.98. The van der Waals surface area contributed by atoms with Crippen LogP contribution >= 0.6 is 11.3 Å². The summed E-state index contributed by atoms with van der Waals surface area (Å²) in [6.45, 7) is 13.7. The van der Waals surface area contributed by atoms with Gasteiger partial charge in [0.25, 0.3) is 0 Å². The summed E-state index contributed by atoms with van der Waals surface area (Å²) in [6, 6.07) is 0.446. The molecular weight excluding hydrogens is 266 g/mol. The van der Waals surface area contributed by atoms with Gasteiger partial charge in [0.1, 0.15) is 0 Å². The molecule has 1 aliphatic heterocycles. The van der Waals surface area contributed by atoms with Crippen LogP contribution in [0, 0.1) is 19.8 Å². The molecule has 2 heterocycles. The molecule has 2 unspecified atom stereocenters. The molecule has 1 N–H and O–H groups in total. The van der Waals surface area contributed by atoms with Crippen molar-refractivity contribution in [3.05, 3.63) is 15.6 Å². The zero-order chi connectivity index (χ0) is 14.5. The minimum atomic E-state index is 0.446. The first-order chi connectivity index (χ1) is 9.61. The molecule has 1 aromatic rings. The second-order valence-electron chi connectivity index (χ2n) is 6.06. The first-order valence-electron chi connectivity index (χ1n) is 8.00. The maximum Gasteiger partial charge on any atom is 0.0900 e. The molecule has 1 saturated heterocycles. The van der Waals surface area contributed by atoms with Crippen molar-refractivity contribution >= 4 is 11.3 Å². The molecule has 2 atom stereocenters. The Morgan fingerprint density at radius 3 is 2.80 bits per heavy atom. The van der Waals surface area contributed by atoms with Gasteiger partial charge >= 0.3 is 0 Å². The molecule has 0 spiro atoms. The van der Waals surface area contributed by atoms with Crippen molar-refractivity contribution in [3.8, 4) is 0 Å². The zero-order valence-electron chi connectivity index (χ0n) is 13.4. The first kappa shape index (κ1) is 15.9. The highest BCUT2D eigenvalue weighted by atomic mass is 32.1. The van der Waals surface area contributed by atoms with Gasteiger partial charge in [-0.05, 0) is 65.6 Å². The molecule has 0 aromatic carbocycles. The summed E-state index contributed by atoms with van der Waals surface area (Å²) in [5, 5.41) is 4.73. The molecular formula is C16H29N3S. The Morgan fingerprint density at radius 1 is 1.45 bits per heavy atom. The monoisotopic (exact) mass is 295 g/mol. The van der Waals surface area contributed by atoms with Gasteiger partial charge in [-0.25, -0.2) is 4.98 Å². The van der Waals surface area contributed by atoms with Crippen LogP contribution in [0.4, 0.5) is 0 Å². The van der Waals surface area contributed by atoms with E-state index in [2.05, 4.69) is 37.9 Å². The minimum absolute atomic E-state index is 0.446. The van der Waals surface area contributed by atoms with Gasteiger partial charge in [-0.15, -0.1) is 11.3 Å². The van der Waals surface area contributed by atoms with E-state index in [9.17, 15) is 0 Å². The summed E-state index contributed by atoms with van der Waals surface area (Å²) in [7, 11) is 0. The summed E-state index contributed by atoms with van der Waals surface area (Å²) >= 11 is 1.83. The van der Waals surface area contributed by atoms with E-state index >= 15 is 0 Å². The van der Waals surface area contributed by atoms with E-state index < -0.39 is 0 Å². The number of aromatic nitrogens is 1. The third-order valence-electron chi connectivity index (χ3n) is 4.29. The van der Waals surface area contributed by atoms with Gasteiger partial charge in [0, 0.05) is 11.4 Å². The fraction of sp³-hybridized carbons (Fsp3) is 0.812. The number of hydrogen-bond acceptors (Lipinski definition) is 4. The maximum atomic E-state index is 4.77. The van der Waals surface area contributed by atoms with Crippen LogP contribution in [0.25, 0.3) is 0 Å². The van der Waals surface area contributed by atoms with Crippen LogP contribution in [0.15, 0.2) is 0 Å². The average molecular weight is 295 g/mol. The number of hydrogen-bond donors (Lipinski definition) is 1. The smallest absolute Gasteiger partial charge is 0.0900 e. The fourth-order valence-electron chi connectivity index (χ4n) is 3.25. The van der Waals surface area contributed by atoms with E-state index in [1.54, 1.807) is 0 Å². The third-order valence-corrected chi connectivity index (χ3v) is 5.19. The third kappa shape index (κ3) is 4.03. The predicted molar refractivity (Wildman–Crippen MR) is 87.5 cm³/mol. The second-order valence-corrected chi connectivity index (χ2v) is 7.46. The van der Waals surface area contributed by atoms with Gasteiger partial charge in [0.15, 0.2) is 0 Å². The average Bonchev–Trinajstić information content (AvgIpc) is 2.77. The normalized spacial score (nSPS) is 21.4. The number of nitrogens with zero attached hydrogens (tertiary/aromatic N) is 2. The van der Waals surface area contributed by atoms with E-state index in [0.29, 0.717) is 6.04 Å². The molecule has 4 heteroatoms. The first-order valence-corrected chi connectivity index (χ1v) is 8.82. The van der Waals surface area contributed by atoms with Gasteiger partial charge in [0.2, 0.25) is 0 Å². The lowest BCUT2D eigenvalue weighted by molar-refractivity contribution is 0.160. The number of thiazole rings is 1. The Balaban J connectivity index is 2.04. The number of nitrogens with one attached hydrogen (secondary N) is 1.